The minimum absolute atomic E-state index is 0. The highest BCUT2D eigenvalue weighted by atomic mass is 127. The van der Waals surface area contributed by atoms with E-state index in [-0.39, 0.29) is 43.0 Å². The monoisotopic (exact) mass is 490 g/mol. The Morgan fingerprint density at radius 1 is 1.11 bits per heavy atom. The Morgan fingerprint density at radius 2 is 1.85 bits per heavy atom. The highest BCUT2D eigenvalue weighted by Gasteiger charge is 2.08. The maximum absolute atomic E-state index is 12.0. The molecule has 0 fully saturated rings. The van der Waals surface area contributed by atoms with Crippen LogP contribution in [0.4, 0.5) is 0 Å². The van der Waals surface area contributed by atoms with E-state index in [1.165, 1.54) is 5.56 Å². The van der Waals surface area contributed by atoms with Gasteiger partial charge in [0.15, 0.2) is 5.96 Å². The topological polar surface area (TPSA) is 85.8 Å². The fourth-order valence-electron chi connectivity index (χ4n) is 2.72. The summed E-state index contributed by atoms with van der Waals surface area (Å²) < 4.78 is 0. The molecule has 1 atom stereocenters. The SMILES string of the molecule is CCCC(CCO)CNC(=NCC(=O)NCCc1ccccc1)NCC.I. The van der Waals surface area contributed by atoms with E-state index in [0.717, 1.165) is 38.8 Å². The first-order valence-corrected chi connectivity index (χ1v) is 9.63. The minimum Gasteiger partial charge on any atom is -0.396 e. The van der Waals surface area contributed by atoms with E-state index in [0.29, 0.717) is 18.4 Å². The van der Waals surface area contributed by atoms with Gasteiger partial charge in [-0.25, -0.2) is 4.99 Å². The van der Waals surface area contributed by atoms with E-state index in [1.807, 2.05) is 25.1 Å². The molecule has 0 bridgehead atoms. The number of aliphatic imine (C=N–C) groups is 1. The Labute approximate surface area is 180 Å². The van der Waals surface area contributed by atoms with Crippen LogP contribution in [0.15, 0.2) is 35.3 Å². The van der Waals surface area contributed by atoms with Gasteiger partial charge in [0.05, 0.1) is 0 Å². The lowest BCUT2D eigenvalue weighted by molar-refractivity contribution is -0.119. The van der Waals surface area contributed by atoms with Gasteiger partial charge in [-0.05, 0) is 37.7 Å². The minimum atomic E-state index is -0.0846. The second-order valence-corrected chi connectivity index (χ2v) is 6.33. The van der Waals surface area contributed by atoms with Crippen molar-refractivity contribution in [1.29, 1.82) is 0 Å². The molecule has 154 valence electrons. The standard InChI is InChI=1S/C20H34N4O2.HI/c1-3-8-18(12-14-25)15-23-20(21-4-2)24-16-19(26)22-13-11-17-9-6-5-7-10-17;/h5-7,9-10,18,25H,3-4,8,11-16H2,1-2H3,(H,22,26)(H2,21,23,24);1H. The number of nitrogens with one attached hydrogen (secondary N) is 3. The number of nitrogens with zero attached hydrogens (tertiary/aromatic N) is 1. The largest absolute Gasteiger partial charge is 0.396 e. The van der Waals surface area contributed by atoms with Crippen molar-refractivity contribution in [3.63, 3.8) is 0 Å². The number of rotatable bonds is 12. The zero-order chi connectivity index (χ0) is 19.0. The first kappa shape index (κ1) is 25.6. The van der Waals surface area contributed by atoms with Gasteiger partial charge < -0.3 is 21.1 Å². The molecule has 0 aromatic heterocycles. The summed E-state index contributed by atoms with van der Waals surface area (Å²) in [7, 11) is 0. The molecule has 1 unspecified atom stereocenters. The smallest absolute Gasteiger partial charge is 0.241 e. The summed E-state index contributed by atoms with van der Waals surface area (Å²) in [5.74, 6) is 0.969. The van der Waals surface area contributed by atoms with Crippen LogP contribution in [0, 0.1) is 5.92 Å². The van der Waals surface area contributed by atoms with Gasteiger partial charge in [0.1, 0.15) is 6.54 Å². The maximum atomic E-state index is 12.0. The van der Waals surface area contributed by atoms with Gasteiger partial charge in [0.2, 0.25) is 5.91 Å². The predicted octanol–water partition coefficient (Wildman–Crippen LogP) is 2.32. The second-order valence-electron chi connectivity index (χ2n) is 6.33. The number of carbonyl (C=O) groups excluding carboxylic acids is 1. The van der Waals surface area contributed by atoms with Crippen molar-refractivity contribution >= 4 is 35.8 Å². The molecule has 7 heteroatoms. The summed E-state index contributed by atoms with van der Waals surface area (Å²) in [5.41, 5.74) is 1.21. The molecule has 4 N–H and O–H groups in total. The van der Waals surface area contributed by atoms with Gasteiger partial charge in [0.25, 0.3) is 0 Å². The first-order chi connectivity index (χ1) is 12.7. The number of hydrogen-bond donors (Lipinski definition) is 4. The Bertz CT molecular complexity index is 520. The van der Waals surface area contributed by atoms with Crippen LogP contribution in [0.1, 0.15) is 38.7 Å². The predicted molar refractivity (Wildman–Crippen MR) is 123 cm³/mol. The third kappa shape index (κ3) is 12.6. The fourth-order valence-corrected chi connectivity index (χ4v) is 2.72. The van der Waals surface area contributed by atoms with Crippen LogP contribution < -0.4 is 16.0 Å². The quantitative estimate of drug-likeness (QED) is 0.206. The van der Waals surface area contributed by atoms with E-state index < -0.39 is 0 Å². The highest BCUT2D eigenvalue weighted by Crippen LogP contribution is 2.09. The number of benzene rings is 1. The van der Waals surface area contributed by atoms with Gasteiger partial charge in [-0.3, -0.25) is 4.79 Å². The Morgan fingerprint density at radius 3 is 2.48 bits per heavy atom. The van der Waals surface area contributed by atoms with E-state index in [2.05, 4.69) is 40.0 Å². The summed E-state index contributed by atoms with van der Waals surface area (Å²) in [6, 6.07) is 10.1. The summed E-state index contributed by atoms with van der Waals surface area (Å²) in [4.78, 5) is 16.3. The van der Waals surface area contributed by atoms with Gasteiger partial charge in [0, 0.05) is 26.2 Å². The average molecular weight is 490 g/mol. The molecule has 0 saturated carbocycles. The lowest BCUT2D eigenvalue weighted by Gasteiger charge is -2.18. The molecule has 27 heavy (non-hydrogen) atoms. The molecule has 1 amide bonds. The number of hydrogen-bond acceptors (Lipinski definition) is 3. The summed E-state index contributed by atoms with van der Waals surface area (Å²) in [6.07, 6.45) is 3.74. The number of aliphatic hydroxyl groups excluding tert-OH is 1. The maximum Gasteiger partial charge on any atom is 0.241 e. The van der Waals surface area contributed by atoms with Crippen molar-refractivity contribution in [2.75, 3.05) is 32.8 Å². The molecule has 0 aliphatic heterocycles. The average Bonchev–Trinajstić information content (AvgIpc) is 2.65. The zero-order valence-electron chi connectivity index (χ0n) is 16.5. The van der Waals surface area contributed by atoms with Crippen molar-refractivity contribution < 1.29 is 9.90 Å². The number of amides is 1. The molecule has 1 rings (SSSR count). The van der Waals surface area contributed by atoms with Gasteiger partial charge in [-0.15, -0.1) is 24.0 Å². The second kappa shape index (κ2) is 16.8. The van der Waals surface area contributed by atoms with Crippen LogP contribution in [-0.2, 0) is 11.2 Å². The normalized spacial score (nSPS) is 12.0. The molecule has 0 radical (unpaired) electrons. The zero-order valence-corrected chi connectivity index (χ0v) is 18.9. The van der Waals surface area contributed by atoms with Crippen molar-refractivity contribution in [3.05, 3.63) is 35.9 Å². The molecule has 6 nitrogen and oxygen atoms in total. The Balaban J connectivity index is 0.00000676. The third-order valence-corrected chi connectivity index (χ3v) is 4.10. The molecular formula is C20H35IN4O2. The van der Waals surface area contributed by atoms with Crippen LogP contribution in [-0.4, -0.2) is 49.8 Å². The molecule has 0 aliphatic carbocycles. The number of guanidine groups is 1. The van der Waals surface area contributed by atoms with E-state index in [4.69, 9.17) is 5.11 Å². The fraction of sp³-hybridized carbons (Fsp3) is 0.600. The van der Waals surface area contributed by atoms with Crippen molar-refractivity contribution in [1.82, 2.24) is 16.0 Å². The lowest BCUT2D eigenvalue weighted by atomic mass is 10.0. The van der Waals surface area contributed by atoms with Gasteiger partial charge in [-0.2, -0.15) is 0 Å². The molecule has 1 aromatic carbocycles. The van der Waals surface area contributed by atoms with Crippen LogP contribution in [0.2, 0.25) is 0 Å². The molecule has 0 spiro atoms. The third-order valence-electron chi connectivity index (χ3n) is 4.10. The van der Waals surface area contributed by atoms with Crippen LogP contribution in [0.3, 0.4) is 0 Å². The van der Waals surface area contributed by atoms with E-state index >= 15 is 0 Å². The number of halogens is 1. The van der Waals surface area contributed by atoms with Crippen LogP contribution in [0.5, 0.6) is 0 Å². The molecule has 0 aliphatic rings. The van der Waals surface area contributed by atoms with Crippen LogP contribution >= 0.6 is 24.0 Å². The lowest BCUT2D eigenvalue weighted by Crippen LogP contribution is -2.41. The number of carbonyl (C=O) groups is 1. The Hall–Kier alpha value is -1.35. The summed E-state index contributed by atoms with van der Waals surface area (Å²) in [6.45, 7) is 6.53. The highest BCUT2D eigenvalue weighted by molar-refractivity contribution is 14.0. The van der Waals surface area contributed by atoms with E-state index in [1.54, 1.807) is 0 Å². The van der Waals surface area contributed by atoms with E-state index in [9.17, 15) is 4.79 Å². The van der Waals surface area contributed by atoms with Crippen LogP contribution in [0.25, 0.3) is 0 Å². The van der Waals surface area contributed by atoms with Gasteiger partial charge in [-0.1, -0.05) is 43.7 Å². The summed E-state index contributed by atoms with van der Waals surface area (Å²) >= 11 is 0. The van der Waals surface area contributed by atoms with Crippen molar-refractivity contribution in [2.45, 2.75) is 39.5 Å². The molecule has 1 aromatic rings. The van der Waals surface area contributed by atoms with Crippen molar-refractivity contribution in [3.8, 4) is 0 Å². The molecular weight excluding hydrogens is 455 g/mol. The summed E-state index contributed by atoms with van der Waals surface area (Å²) in [5, 5.41) is 18.5. The molecule has 0 saturated heterocycles. The van der Waals surface area contributed by atoms with Crippen molar-refractivity contribution in [2.24, 2.45) is 10.9 Å². The Kier molecular flexibility index (Phi) is 16.0. The first-order valence-electron chi connectivity index (χ1n) is 9.63. The molecule has 0 heterocycles. The number of aliphatic hydroxyl groups is 1. The van der Waals surface area contributed by atoms with Gasteiger partial charge >= 0.3 is 0 Å².